The van der Waals surface area contributed by atoms with Crippen molar-refractivity contribution in [2.75, 3.05) is 18.1 Å². The number of anilines is 1. The Balaban J connectivity index is 1.45. The number of nitrogens with zero attached hydrogens (tertiary/aromatic N) is 5. The van der Waals surface area contributed by atoms with E-state index in [-0.39, 0.29) is 12.0 Å². The fourth-order valence-electron chi connectivity index (χ4n) is 2.17. The molecule has 0 aliphatic heterocycles. The van der Waals surface area contributed by atoms with Crippen molar-refractivity contribution in [1.29, 1.82) is 0 Å². The van der Waals surface area contributed by atoms with Gasteiger partial charge in [-0.1, -0.05) is 18.2 Å². The average molecular weight is 354 g/mol. The van der Waals surface area contributed by atoms with Gasteiger partial charge in [0.05, 0.1) is 6.26 Å². The zero-order valence-electron chi connectivity index (χ0n) is 13.1. The number of furan rings is 1. The molecular weight excluding hydrogens is 340 g/mol. The average Bonchev–Trinajstić information content (AvgIpc) is 3.29. The lowest BCUT2D eigenvalue weighted by Crippen LogP contribution is -2.09. The predicted octanol–water partition coefficient (Wildman–Crippen LogP) is 2.53. The SMILES string of the molecule is Nc1nc(OCCSc2ccccc2)nc2nc(-c3ccco3)nn12. The molecule has 2 N–H and O–H groups in total. The van der Waals surface area contributed by atoms with Gasteiger partial charge in [-0.25, -0.2) is 0 Å². The molecular formula is C16H14N6O2S. The van der Waals surface area contributed by atoms with E-state index in [2.05, 4.69) is 32.2 Å². The van der Waals surface area contributed by atoms with Gasteiger partial charge in [0.1, 0.15) is 6.61 Å². The smallest absolute Gasteiger partial charge is 0.323 e. The standard InChI is InChI=1S/C16H14N6O2S/c17-14-19-16(24-9-10-25-11-5-2-1-3-6-11)20-15-18-13(21-22(14)15)12-7-4-8-23-12/h1-8H,9-10H2,(H2,17,18,19,20,21). The third kappa shape index (κ3) is 3.41. The fourth-order valence-corrected chi connectivity index (χ4v) is 2.92. The molecule has 0 amide bonds. The van der Waals surface area contributed by atoms with E-state index in [1.54, 1.807) is 30.2 Å². The molecule has 0 aliphatic rings. The van der Waals surface area contributed by atoms with Gasteiger partial charge in [0.2, 0.25) is 11.8 Å². The summed E-state index contributed by atoms with van der Waals surface area (Å²) in [6.45, 7) is 0.453. The molecule has 126 valence electrons. The molecule has 0 fully saturated rings. The Bertz CT molecular complexity index is 971. The molecule has 1 aromatic carbocycles. The van der Waals surface area contributed by atoms with Crippen molar-refractivity contribution < 1.29 is 9.15 Å². The lowest BCUT2D eigenvalue weighted by molar-refractivity contribution is 0.316. The summed E-state index contributed by atoms with van der Waals surface area (Å²) in [6.07, 6.45) is 1.55. The number of aromatic nitrogens is 5. The zero-order valence-corrected chi connectivity index (χ0v) is 13.9. The topological polar surface area (TPSA) is 104 Å². The Hall–Kier alpha value is -3.07. The molecule has 9 heteroatoms. The Morgan fingerprint density at radius 1 is 1.08 bits per heavy atom. The third-order valence-corrected chi connectivity index (χ3v) is 4.26. The number of benzene rings is 1. The minimum absolute atomic E-state index is 0.154. The van der Waals surface area contributed by atoms with Crippen LogP contribution in [0.2, 0.25) is 0 Å². The van der Waals surface area contributed by atoms with Gasteiger partial charge in [0.15, 0.2) is 5.76 Å². The highest BCUT2D eigenvalue weighted by molar-refractivity contribution is 7.99. The van der Waals surface area contributed by atoms with Crippen molar-refractivity contribution in [3.63, 3.8) is 0 Å². The first-order chi connectivity index (χ1) is 12.3. The van der Waals surface area contributed by atoms with E-state index < -0.39 is 0 Å². The Labute approximate surface area is 147 Å². The van der Waals surface area contributed by atoms with Crippen molar-refractivity contribution in [3.8, 4) is 17.6 Å². The first-order valence-corrected chi connectivity index (χ1v) is 8.53. The minimum Gasteiger partial charge on any atom is -0.462 e. The Morgan fingerprint density at radius 2 is 1.96 bits per heavy atom. The maximum Gasteiger partial charge on any atom is 0.323 e. The molecule has 25 heavy (non-hydrogen) atoms. The highest BCUT2D eigenvalue weighted by atomic mass is 32.2. The summed E-state index contributed by atoms with van der Waals surface area (Å²) in [5.74, 6) is 2.16. The van der Waals surface area contributed by atoms with Gasteiger partial charge in [-0.15, -0.1) is 16.9 Å². The van der Waals surface area contributed by atoms with Crippen molar-refractivity contribution in [2.24, 2.45) is 0 Å². The van der Waals surface area contributed by atoms with Crippen LogP contribution < -0.4 is 10.5 Å². The molecule has 0 aliphatic carbocycles. The van der Waals surface area contributed by atoms with Crippen LogP contribution in [0.1, 0.15) is 0 Å². The molecule has 0 saturated heterocycles. The summed E-state index contributed by atoms with van der Waals surface area (Å²) in [4.78, 5) is 13.8. The van der Waals surface area contributed by atoms with Gasteiger partial charge in [-0.05, 0) is 24.3 Å². The highest BCUT2D eigenvalue weighted by Gasteiger charge is 2.14. The number of ether oxygens (including phenoxy) is 1. The van der Waals surface area contributed by atoms with Crippen molar-refractivity contribution in [2.45, 2.75) is 4.90 Å². The molecule has 0 radical (unpaired) electrons. The van der Waals surface area contributed by atoms with E-state index in [4.69, 9.17) is 14.9 Å². The Kier molecular flexibility index (Phi) is 4.21. The van der Waals surface area contributed by atoms with Crippen molar-refractivity contribution in [1.82, 2.24) is 24.6 Å². The lowest BCUT2D eigenvalue weighted by atomic mass is 10.4. The van der Waals surface area contributed by atoms with E-state index in [0.29, 0.717) is 24.0 Å². The van der Waals surface area contributed by atoms with Crippen LogP contribution in [0.3, 0.4) is 0 Å². The maximum absolute atomic E-state index is 5.91. The molecule has 0 atom stereocenters. The third-order valence-electron chi connectivity index (χ3n) is 3.28. The monoisotopic (exact) mass is 354 g/mol. The number of hydrogen-bond acceptors (Lipinski definition) is 8. The predicted molar refractivity (Wildman–Crippen MR) is 93.4 cm³/mol. The molecule has 0 bridgehead atoms. The van der Waals surface area contributed by atoms with Gasteiger partial charge < -0.3 is 14.9 Å². The molecule has 8 nitrogen and oxygen atoms in total. The first kappa shape index (κ1) is 15.5. The van der Waals surface area contributed by atoms with Crippen LogP contribution >= 0.6 is 11.8 Å². The molecule has 0 unspecified atom stereocenters. The van der Waals surface area contributed by atoms with Crippen LogP contribution in [0.5, 0.6) is 6.01 Å². The second-order valence-electron chi connectivity index (χ2n) is 5.00. The van der Waals surface area contributed by atoms with Crippen LogP contribution in [-0.4, -0.2) is 36.9 Å². The van der Waals surface area contributed by atoms with Gasteiger partial charge >= 0.3 is 6.01 Å². The van der Waals surface area contributed by atoms with Crippen LogP contribution in [0.15, 0.2) is 58.0 Å². The number of thioether (sulfide) groups is 1. The number of nitrogen functional groups attached to an aromatic ring is 1. The normalized spacial score (nSPS) is 11.0. The summed E-state index contributed by atoms with van der Waals surface area (Å²) in [6, 6.07) is 13.8. The van der Waals surface area contributed by atoms with Gasteiger partial charge in [0, 0.05) is 10.6 Å². The molecule has 4 rings (SSSR count). The second-order valence-corrected chi connectivity index (χ2v) is 6.17. The van der Waals surface area contributed by atoms with E-state index in [9.17, 15) is 0 Å². The quantitative estimate of drug-likeness (QED) is 0.416. The lowest BCUT2D eigenvalue weighted by Gasteiger charge is -2.05. The number of nitrogens with two attached hydrogens (primary N) is 1. The largest absolute Gasteiger partial charge is 0.462 e. The molecule has 0 saturated carbocycles. The van der Waals surface area contributed by atoms with E-state index in [1.165, 1.54) is 9.41 Å². The van der Waals surface area contributed by atoms with Gasteiger partial charge in [-0.2, -0.15) is 19.5 Å². The van der Waals surface area contributed by atoms with Gasteiger partial charge in [0.25, 0.3) is 5.78 Å². The van der Waals surface area contributed by atoms with Crippen LogP contribution in [0, 0.1) is 0 Å². The summed E-state index contributed by atoms with van der Waals surface area (Å²) < 4.78 is 12.2. The minimum atomic E-state index is 0.154. The van der Waals surface area contributed by atoms with E-state index in [1.807, 2.05) is 18.2 Å². The Morgan fingerprint density at radius 3 is 2.76 bits per heavy atom. The second kappa shape index (κ2) is 6.81. The number of fused-ring (bicyclic) bond motifs is 1. The zero-order chi connectivity index (χ0) is 17.1. The molecule has 3 heterocycles. The van der Waals surface area contributed by atoms with E-state index in [0.717, 1.165) is 5.75 Å². The van der Waals surface area contributed by atoms with Crippen LogP contribution in [0.25, 0.3) is 17.4 Å². The molecule has 0 spiro atoms. The summed E-state index contributed by atoms with van der Waals surface area (Å²) >= 11 is 1.69. The first-order valence-electron chi connectivity index (χ1n) is 7.54. The van der Waals surface area contributed by atoms with Gasteiger partial charge in [-0.3, -0.25) is 0 Å². The summed E-state index contributed by atoms with van der Waals surface area (Å²) in [5.41, 5.74) is 5.91. The summed E-state index contributed by atoms with van der Waals surface area (Å²) in [7, 11) is 0. The van der Waals surface area contributed by atoms with Crippen molar-refractivity contribution in [3.05, 3.63) is 48.7 Å². The number of hydrogen-bond donors (Lipinski definition) is 1. The fraction of sp³-hybridized carbons (Fsp3) is 0.125. The molecule has 3 aromatic heterocycles. The van der Waals surface area contributed by atoms with Crippen LogP contribution in [0.4, 0.5) is 5.95 Å². The maximum atomic E-state index is 5.91. The van der Waals surface area contributed by atoms with E-state index >= 15 is 0 Å². The van der Waals surface area contributed by atoms with Crippen LogP contribution in [-0.2, 0) is 0 Å². The van der Waals surface area contributed by atoms with Crippen molar-refractivity contribution >= 4 is 23.5 Å². The highest BCUT2D eigenvalue weighted by Crippen LogP contribution is 2.19. The summed E-state index contributed by atoms with van der Waals surface area (Å²) in [5, 5.41) is 4.23. The number of rotatable bonds is 6. The molecule has 4 aromatic rings.